The van der Waals surface area contributed by atoms with Crippen LogP contribution in [0.1, 0.15) is 56.1 Å². The van der Waals surface area contributed by atoms with Crippen molar-refractivity contribution in [3.63, 3.8) is 0 Å². The zero-order valence-corrected chi connectivity index (χ0v) is 25.5. The number of carbonyl (C=O) groups is 2. The number of amides is 1. The molecule has 0 aliphatic carbocycles. The van der Waals surface area contributed by atoms with Gasteiger partial charge in [-0.25, -0.2) is 8.42 Å². The summed E-state index contributed by atoms with van der Waals surface area (Å²) in [5, 5.41) is 16.8. The average Bonchev–Trinajstić information content (AvgIpc) is 3.55. The smallest absolute Gasteiger partial charge is 0.303 e. The molecule has 224 valence electrons. The number of halogens is 1. The number of methoxy groups -OCH3 is 1. The van der Waals surface area contributed by atoms with Crippen LogP contribution in [0, 0.1) is 0 Å². The highest BCUT2D eigenvalue weighted by molar-refractivity contribution is 7.94. The molecule has 2 heterocycles. The van der Waals surface area contributed by atoms with Gasteiger partial charge in [0.05, 0.1) is 28.9 Å². The number of fused-ring (bicyclic) bond motifs is 1. The topological polar surface area (TPSA) is 140 Å². The molecule has 4 rings (SSSR count). The van der Waals surface area contributed by atoms with E-state index in [1.54, 1.807) is 10.7 Å². The summed E-state index contributed by atoms with van der Waals surface area (Å²) < 4.78 is 36.4. The van der Waals surface area contributed by atoms with Crippen molar-refractivity contribution in [1.82, 2.24) is 15.1 Å². The minimum atomic E-state index is -3.92. The largest absolute Gasteiger partial charge is 0.496 e. The van der Waals surface area contributed by atoms with Crippen LogP contribution in [0.2, 0.25) is 4.34 Å². The number of ether oxygens (including phenoxy) is 1. The second-order valence-electron chi connectivity index (χ2n) is 9.78. The molecule has 0 fully saturated rings. The van der Waals surface area contributed by atoms with E-state index < -0.39 is 16.0 Å². The molecule has 0 spiro atoms. The molecule has 0 aliphatic heterocycles. The number of sulfonamides is 1. The van der Waals surface area contributed by atoms with Crippen LogP contribution in [0.25, 0.3) is 10.9 Å². The fourth-order valence-electron chi connectivity index (χ4n) is 4.57. The molecule has 1 amide bonds. The van der Waals surface area contributed by atoms with E-state index in [9.17, 15) is 18.0 Å². The van der Waals surface area contributed by atoms with E-state index in [2.05, 4.69) is 15.1 Å². The van der Waals surface area contributed by atoms with Gasteiger partial charge in [0.1, 0.15) is 9.96 Å². The number of hydrogen-bond donors (Lipinski definition) is 3. The normalized spacial score (nSPS) is 11.5. The number of rotatable bonds is 16. The minimum Gasteiger partial charge on any atom is -0.496 e. The number of nitrogens with zero attached hydrogens (tertiary/aromatic N) is 2. The van der Waals surface area contributed by atoms with Gasteiger partial charge in [-0.05, 0) is 48.2 Å². The molecule has 4 aromatic rings. The Hall–Kier alpha value is -3.61. The molecular weight excluding hydrogens is 600 g/mol. The van der Waals surface area contributed by atoms with E-state index in [0.717, 1.165) is 48.1 Å². The van der Waals surface area contributed by atoms with E-state index in [1.807, 2.05) is 36.4 Å². The van der Waals surface area contributed by atoms with Gasteiger partial charge >= 0.3 is 5.97 Å². The van der Waals surface area contributed by atoms with Gasteiger partial charge in [-0.1, -0.05) is 61.2 Å². The van der Waals surface area contributed by atoms with Crippen LogP contribution in [-0.2, 0) is 32.7 Å². The highest BCUT2D eigenvalue weighted by Crippen LogP contribution is 2.35. The zero-order valence-electron chi connectivity index (χ0n) is 23.1. The van der Waals surface area contributed by atoms with Crippen LogP contribution in [-0.4, -0.2) is 42.3 Å². The number of carboxylic acids is 1. The first-order valence-electron chi connectivity index (χ1n) is 13.5. The second kappa shape index (κ2) is 14.5. The van der Waals surface area contributed by atoms with Crippen LogP contribution in [0.3, 0.4) is 0 Å². The Labute approximate surface area is 253 Å². The van der Waals surface area contributed by atoms with Crippen LogP contribution in [0.4, 0.5) is 5.82 Å². The van der Waals surface area contributed by atoms with Crippen LogP contribution in [0.5, 0.6) is 5.75 Å². The van der Waals surface area contributed by atoms with Gasteiger partial charge < -0.3 is 15.2 Å². The predicted octanol–water partition coefficient (Wildman–Crippen LogP) is 6.04. The summed E-state index contributed by atoms with van der Waals surface area (Å²) in [5.41, 5.74) is 2.55. The van der Waals surface area contributed by atoms with Gasteiger partial charge in [0.25, 0.3) is 10.0 Å². The number of anilines is 1. The Balaban J connectivity index is 1.41. The van der Waals surface area contributed by atoms with E-state index in [4.69, 9.17) is 21.4 Å². The monoisotopic (exact) mass is 632 g/mol. The lowest BCUT2D eigenvalue weighted by Gasteiger charge is -2.09. The van der Waals surface area contributed by atoms with Crippen molar-refractivity contribution in [2.75, 3.05) is 11.8 Å². The molecule has 0 atom stereocenters. The van der Waals surface area contributed by atoms with Crippen molar-refractivity contribution in [3.05, 3.63) is 70.1 Å². The number of aromatic nitrogens is 2. The molecule has 42 heavy (non-hydrogen) atoms. The molecule has 0 bridgehead atoms. The van der Waals surface area contributed by atoms with E-state index in [-0.39, 0.29) is 22.4 Å². The third kappa shape index (κ3) is 8.46. The quantitative estimate of drug-likeness (QED) is 0.128. The summed E-state index contributed by atoms with van der Waals surface area (Å²) in [6.07, 6.45) is 4.72. The number of nitrogens with one attached hydrogen (secondary N) is 2. The van der Waals surface area contributed by atoms with E-state index in [1.165, 1.54) is 19.2 Å². The summed E-state index contributed by atoms with van der Waals surface area (Å²) in [6, 6.07) is 16.2. The first kappa shape index (κ1) is 31.3. The standard InChI is InChI=1S/C29H33ClN4O6S2/c1-40-23-12-8-11-22-28(23)29(33-42(38,39)27-16-15-24(30)41-27)32-34(22)19-21-10-7-9-20(17-21)18-31-25(35)13-5-3-2-4-6-14-26(36)37/h7-12,15-17H,2-6,13-14,18-19H2,1H3,(H,31,35)(H,32,33)(H,36,37). The number of carbonyl (C=O) groups excluding carboxylic acids is 1. The van der Waals surface area contributed by atoms with Crippen LogP contribution < -0.4 is 14.8 Å². The summed E-state index contributed by atoms with van der Waals surface area (Å²) in [7, 11) is -2.40. The Bertz CT molecular complexity index is 1650. The van der Waals surface area contributed by atoms with Crippen molar-refractivity contribution >= 4 is 61.6 Å². The van der Waals surface area contributed by atoms with Gasteiger partial charge in [-0.15, -0.1) is 11.3 Å². The van der Waals surface area contributed by atoms with Crippen molar-refractivity contribution in [2.45, 2.75) is 62.2 Å². The SMILES string of the molecule is COc1cccc2c1c(NS(=O)(=O)c1ccc(Cl)s1)nn2Cc1cccc(CNC(=O)CCCCCCCC(=O)O)c1. The fourth-order valence-corrected chi connectivity index (χ4v) is 7.06. The van der Waals surface area contributed by atoms with E-state index >= 15 is 0 Å². The molecule has 3 N–H and O–H groups in total. The maximum Gasteiger partial charge on any atom is 0.303 e. The summed E-state index contributed by atoms with van der Waals surface area (Å²) >= 11 is 6.92. The molecular formula is C29H33ClN4O6S2. The number of benzene rings is 2. The van der Waals surface area contributed by atoms with Gasteiger partial charge in [0, 0.05) is 19.4 Å². The van der Waals surface area contributed by atoms with Gasteiger partial charge in [-0.3, -0.25) is 19.0 Å². The highest BCUT2D eigenvalue weighted by atomic mass is 35.5. The van der Waals surface area contributed by atoms with Gasteiger partial charge in [0.2, 0.25) is 5.91 Å². The predicted molar refractivity (Wildman–Crippen MR) is 164 cm³/mol. The second-order valence-corrected chi connectivity index (χ2v) is 13.4. The lowest BCUT2D eigenvalue weighted by molar-refractivity contribution is -0.137. The molecule has 2 aromatic heterocycles. The van der Waals surface area contributed by atoms with Crippen LogP contribution in [0.15, 0.2) is 58.8 Å². The Kier molecular flexibility index (Phi) is 10.8. The van der Waals surface area contributed by atoms with Crippen molar-refractivity contribution in [2.24, 2.45) is 0 Å². The Morgan fingerprint density at radius 3 is 2.43 bits per heavy atom. The molecule has 10 nitrogen and oxygen atoms in total. The molecule has 0 unspecified atom stereocenters. The summed E-state index contributed by atoms with van der Waals surface area (Å²) in [5.74, 6) is -0.167. The number of thiophene rings is 1. The van der Waals surface area contributed by atoms with Crippen LogP contribution >= 0.6 is 22.9 Å². The number of hydrogen-bond acceptors (Lipinski definition) is 7. The number of unbranched alkanes of at least 4 members (excludes halogenated alkanes) is 4. The lowest BCUT2D eigenvalue weighted by atomic mass is 10.1. The Morgan fingerprint density at radius 2 is 1.71 bits per heavy atom. The van der Waals surface area contributed by atoms with E-state index in [0.29, 0.717) is 46.9 Å². The third-order valence-electron chi connectivity index (χ3n) is 6.61. The van der Waals surface area contributed by atoms with Gasteiger partial charge in [0.15, 0.2) is 5.82 Å². The first-order valence-corrected chi connectivity index (χ1v) is 16.2. The molecule has 0 aliphatic rings. The molecule has 0 radical (unpaired) electrons. The Morgan fingerprint density at radius 1 is 1.00 bits per heavy atom. The molecule has 0 saturated carbocycles. The lowest BCUT2D eigenvalue weighted by Crippen LogP contribution is -2.22. The molecule has 13 heteroatoms. The number of carboxylic acid groups (broad SMARTS) is 1. The molecule has 0 saturated heterocycles. The third-order valence-corrected chi connectivity index (χ3v) is 9.67. The maximum atomic E-state index is 13.0. The molecule has 2 aromatic carbocycles. The number of aliphatic carboxylic acids is 1. The van der Waals surface area contributed by atoms with Crippen molar-refractivity contribution in [1.29, 1.82) is 0 Å². The summed E-state index contributed by atoms with van der Waals surface area (Å²) in [4.78, 5) is 22.9. The van der Waals surface area contributed by atoms with Crippen molar-refractivity contribution < 1.29 is 27.9 Å². The zero-order chi connectivity index (χ0) is 30.1. The van der Waals surface area contributed by atoms with Crippen molar-refractivity contribution in [3.8, 4) is 5.75 Å². The maximum absolute atomic E-state index is 13.0. The highest BCUT2D eigenvalue weighted by Gasteiger charge is 2.23. The average molecular weight is 633 g/mol. The van der Waals surface area contributed by atoms with Gasteiger partial charge in [-0.2, -0.15) is 5.10 Å². The first-order chi connectivity index (χ1) is 20.2. The minimum absolute atomic E-state index is 0.0277. The fraction of sp³-hybridized carbons (Fsp3) is 0.345. The summed E-state index contributed by atoms with van der Waals surface area (Å²) in [6.45, 7) is 0.743.